The van der Waals surface area contributed by atoms with Gasteiger partial charge in [0, 0.05) is 11.3 Å². The van der Waals surface area contributed by atoms with Gasteiger partial charge in [-0.15, -0.1) is 0 Å². The highest BCUT2D eigenvalue weighted by Gasteiger charge is 2.26. The number of nitrogens with one attached hydrogen (secondary N) is 1. The number of anilines is 1. The SMILES string of the molecule is Cc1cc(OCCCC(C)(C)C(=O)O)c(C)cc1NC(=O)c1ccccc1. The van der Waals surface area contributed by atoms with Gasteiger partial charge >= 0.3 is 5.97 Å². The first-order valence-corrected chi connectivity index (χ1v) is 9.04. The fourth-order valence-corrected chi connectivity index (χ4v) is 2.67. The molecule has 0 aliphatic carbocycles. The summed E-state index contributed by atoms with van der Waals surface area (Å²) in [6.45, 7) is 7.73. The minimum atomic E-state index is -0.798. The number of carboxylic acid groups (broad SMARTS) is 1. The van der Waals surface area contributed by atoms with Gasteiger partial charge in [0.25, 0.3) is 5.91 Å². The van der Waals surface area contributed by atoms with Crippen molar-refractivity contribution in [3.05, 3.63) is 59.2 Å². The topological polar surface area (TPSA) is 75.6 Å². The lowest BCUT2D eigenvalue weighted by molar-refractivity contribution is -0.147. The number of carboxylic acids is 1. The number of rotatable bonds is 8. The van der Waals surface area contributed by atoms with Gasteiger partial charge in [-0.1, -0.05) is 18.2 Å². The number of aryl methyl sites for hydroxylation is 2. The third-order valence-corrected chi connectivity index (χ3v) is 4.59. The molecule has 0 saturated heterocycles. The number of benzene rings is 2. The monoisotopic (exact) mass is 369 g/mol. The largest absolute Gasteiger partial charge is 0.493 e. The van der Waals surface area contributed by atoms with E-state index in [9.17, 15) is 9.59 Å². The van der Waals surface area contributed by atoms with E-state index in [0.29, 0.717) is 25.0 Å². The molecule has 2 aromatic carbocycles. The highest BCUT2D eigenvalue weighted by molar-refractivity contribution is 6.04. The average Bonchev–Trinajstić information content (AvgIpc) is 2.63. The zero-order valence-electron chi connectivity index (χ0n) is 16.3. The minimum Gasteiger partial charge on any atom is -0.493 e. The fraction of sp³-hybridized carbons (Fsp3) is 0.364. The number of ether oxygens (including phenoxy) is 1. The molecule has 0 aromatic heterocycles. The quantitative estimate of drug-likeness (QED) is 0.654. The summed E-state index contributed by atoms with van der Waals surface area (Å²) in [6.07, 6.45) is 1.20. The minimum absolute atomic E-state index is 0.150. The van der Waals surface area contributed by atoms with Crippen molar-refractivity contribution in [3.8, 4) is 5.75 Å². The summed E-state index contributed by atoms with van der Waals surface area (Å²) < 4.78 is 5.83. The molecular weight excluding hydrogens is 342 g/mol. The first-order chi connectivity index (χ1) is 12.7. The van der Waals surface area contributed by atoms with Gasteiger partial charge in [0.2, 0.25) is 0 Å². The molecule has 2 rings (SSSR count). The molecule has 2 aromatic rings. The zero-order chi connectivity index (χ0) is 20.0. The van der Waals surface area contributed by atoms with Crippen LogP contribution in [0, 0.1) is 19.3 Å². The summed E-state index contributed by atoms with van der Waals surface area (Å²) in [4.78, 5) is 23.5. The Bertz CT molecular complexity index is 813. The van der Waals surface area contributed by atoms with Gasteiger partial charge in [0.15, 0.2) is 0 Å². The van der Waals surface area contributed by atoms with Gasteiger partial charge in [-0.05, 0) is 75.9 Å². The van der Waals surface area contributed by atoms with Crippen molar-refractivity contribution in [1.29, 1.82) is 0 Å². The van der Waals surface area contributed by atoms with Crippen LogP contribution in [0.3, 0.4) is 0 Å². The Morgan fingerprint density at radius 3 is 2.37 bits per heavy atom. The summed E-state index contributed by atoms with van der Waals surface area (Å²) in [5.74, 6) is -0.200. The summed E-state index contributed by atoms with van der Waals surface area (Å²) >= 11 is 0. The lowest BCUT2D eigenvalue weighted by atomic mass is 9.88. The van der Waals surface area contributed by atoms with Crippen molar-refractivity contribution in [2.75, 3.05) is 11.9 Å². The lowest BCUT2D eigenvalue weighted by Crippen LogP contribution is -2.24. The molecule has 0 radical (unpaired) electrons. The van der Waals surface area contributed by atoms with Crippen molar-refractivity contribution >= 4 is 17.6 Å². The lowest BCUT2D eigenvalue weighted by Gasteiger charge is -2.19. The summed E-state index contributed by atoms with van der Waals surface area (Å²) in [5, 5.41) is 12.1. The van der Waals surface area contributed by atoms with E-state index in [1.54, 1.807) is 26.0 Å². The molecule has 0 spiro atoms. The van der Waals surface area contributed by atoms with E-state index in [4.69, 9.17) is 9.84 Å². The molecule has 5 nitrogen and oxygen atoms in total. The smallest absolute Gasteiger partial charge is 0.309 e. The van der Waals surface area contributed by atoms with Crippen LogP contribution in [0.5, 0.6) is 5.75 Å². The normalized spacial score (nSPS) is 11.1. The zero-order valence-corrected chi connectivity index (χ0v) is 16.3. The molecule has 144 valence electrons. The maximum atomic E-state index is 12.3. The van der Waals surface area contributed by atoms with E-state index in [2.05, 4.69) is 5.32 Å². The van der Waals surface area contributed by atoms with Gasteiger partial charge < -0.3 is 15.2 Å². The first-order valence-electron chi connectivity index (χ1n) is 9.04. The Morgan fingerprint density at radius 2 is 1.74 bits per heavy atom. The molecule has 0 saturated carbocycles. The van der Waals surface area contributed by atoms with E-state index in [1.807, 2.05) is 44.2 Å². The van der Waals surface area contributed by atoms with Crippen LogP contribution in [0.4, 0.5) is 5.69 Å². The summed E-state index contributed by atoms with van der Waals surface area (Å²) in [6, 6.07) is 12.9. The van der Waals surface area contributed by atoms with Crippen molar-refractivity contribution in [2.45, 2.75) is 40.5 Å². The molecule has 5 heteroatoms. The highest BCUT2D eigenvalue weighted by atomic mass is 16.5. The number of amides is 1. The van der Waals surface area contributed by atoms with E-state index < -0.39 is 11.4 Å². The molecule has 2 N–H and O–H groups in total. The molecule has 0 unspecified atom stereocenters. The standard InChI is InChI=1S/C22H27NO4/c1-15-14-19(27-12-8-11-22(3,4)21(25)26)16(2)13-18(15)23-20(24)17-9-6-5-7-10-17/h5-7,9-10,13-14H,8,11-12H2,1-4H3,(H,23,24)(H,25,26). The van der Waals surface area contributed by atoms with Crippen molar-refractivity contribution in [1.82, 2.24) is 0 Å². The number of hydrogen-bond acceptors (Lipinski definition) is 3. The van der Waals surface area contributed by atoms with E-state index in [1.165, 1.54) is 0 Å². The van der Waals surface area contributed by atoms with Crippen molar-refractivity contribution in [2.24, 2.45) is 5.41 Å². The van der Waals surface area contributed by atoms with Gasteiger partial charge in [0.1, 0.15) is 5.75 Å². The third-order valence-electron chi connectivity index (χ3n) is 4.59. The predicted octanol–water partition coefficient (Wildman–Crippen LogP) is 4.83. The van der Waals surface area contributed by atoms with Crippen molar-refractivity contribution in [3.63, 3.8) is 0 Å². The molecule has 27 heavy (non-hydrogen) atoms. The molecule has 0 heterocycles. The van der Waals surface area contributed by atoms with E-state index >= 15 is 0 Å². The predicted molar refractivity (Wildman–Crippen MR) is 106 cm³/mol. The van der Waals surface area contributed by atoms with Crippen LogP contribution in [-0.4, -0.2) is 23.6 Å². The number of aliphatic carboxylic acids is 1. The fourth-order valence-electron chi connectivity index (χ4n) is 2.67. The summed E-state index contributed by atoms with van der Waals surface area (Å²) in [7, 11) is 0. The van der Waals surface area contributed by atoms with Gasteiger partial charge in [-0.25, -0.2) is 0 Å². The van der Waals surface area contributed by atoms with Gasteiger partial charge in [-0.3, -0.25) is 9.59 Å². The Morgan fingerprint density at radius 1 is 1.07 bits per heavy atom. The number of carbonyl (C=O) groups is 2. The second kappa shape index (κ2) is 8.71. The Balaban J connectivity index is 1.98. The van der Waals surface area contributed by atoms with Crippen LogP contribution >= 0.6 is 0 Å². The molecule has 0 aliphatic rings. The molecule has 0 bridgehead atoms. The number of hydrogen-bond donors (Lipinski definition) is 2. The molecule has 0 fully saturated rings. The van der Waals surface area contributed by atoms with Crippen LogP contribution in [0.25, 0.3) is 0 Å². The van der Waals surface area contributed by atoms with Crippen molar-refractivity contribution < 1.29 is 19.4 Å². The van der Waals surface area contributed by atoms with Crippen LogP contribution < -0.4 is 10.1 Å². The second-order valence-electron chi connectivity index (χ2n) is 7.39. The van der Waals surface area contributed by atoms with Crippen LogP contribution in [-0.2, 0) is 4.79 Å². The van der Waals surface area contributed by atoms with Gasteiger partial charge in [0.05, 0.1) is 12.0 Å². The molecule has 1 amide bonds. The molecule has 0 atom stereocenters. The molecular formula is C22H27NO4. The van der Waals surface area contributed by atoms with Gasteiger partial charge in [-0.2, -0.15) is 0 Å². The molecule has 0 aliphatic heterocycles. The maximum absolute atomic E-state index is 12.3. The maximum Gasteiger partial charge on any atom is 0.309 e. The van der Waals surface area contributed by atoms with Crippen LogP contribution in [0.15, 0.2) is 42.5 Å². The summed E-state index contributed by atoms with van der Waals surface area (Å²) in [5.41, 5.74) is 2.43. The van der Waals surface area contributed by atoms with Crippen LogP contribution in [0.2, 0.25) is 0 Å². The Hall–Kier alpha value is -2.82. The number of carbonyl (C=O) groups excluding carboxylic acids is 1. The Labute approximate surface area is 160 Å². The first kappa shape index (κ1) is 20.5. The third kappa shape index (κ3) is 5.58. The highest BCUT2D eigenvalue weighted by Crippen LogP contribution is 2.28. The average molecular weight is 369 g/mol. The Kier molecular flexibility index (Phi) is 6.61. The van der Waals surface area contributed by atoms with E-state index in [0.717, 1.165) is 22.6 Å². The van der Waals surface area contributed by atoms with E-state index in [-0.39, 0.29) is 5.91 Å². The van der Waals surface area contributed by atoms with Crippen LogP contribution in [0.1, 0.15) is 48.2 Å². The second-order valence-corrected chi connectivity index (χ2v) is 7.39.